The summed E-state index contributed by atoms with van der Waals surface area (Å²) in [6, 6.07) is 0. The van der Waals surface area contributed by atoms with Gasteiger partial charge in [0.15, 0.2) is 0 Å². The van der Waals surface area contributed by atoms with Gasteiger partial charge in [-0.05, 0) is 25.2 Å². The van der Waals surface area contributed by atoms with Crippen LogP contribution in [0.5, 0.6) is 0 Å². The van der Waals surface area contributed by atoms with Crippen LogP contribution in [0.25, 0.3) is 0 Å². The molecule has 13 heavy (non-hydrogen) atoms. The first kappa shape index (κ1) is 9.00. The molecule has 74 valence electrons. The molecule has 0 radical (unpaired) electrons. The first-order valence-electron chi connectivity index (χ1n) is 5.18. The molecular weight excluding hydrogens is 166 g/mol. The second kappa shape index (κ2) is 3.66. The number of ether oxygens (including phenoxy) is 1. The molecule has 0 saturated carbocycles. The Kier molecular flexibility index (Phi) is 2.54. The van der Waals surface area contributed by atoms with Crippen molar-refractivity contribution in [1.82, 2.24) is 4.90 Å². The lowest BCUT2D eigenvalue weighted by Crippen LogP contribution is -2.37. The monoisotopic (exact) mass is 183 g/mol. The summed E-state index contributed by atoms with van der Waals surface area (Å²) >= 11 is 0. The number of rotatable bonds is 1. The van der Waals surface area contributed by atoms with Gasteiger partial charge in [-0.25, -0.2) is 0 Å². The average molecular weight is 183 g/mol. The fraction of sp³-hybridized carbons (Fsp3) is 0.900. The normalized spacial score (nSPS) is 34.1. The van der Waals surface area contributed by atoms with Crippen molar-refractivity contribution < 1.29 is 9.53 Å². The number of amides is 1. The molecule has 0 aliphatic carbocycles. The van der Waals surface area contributed by atoms with E-state index in [1.807, 2.05) is 4.90 Å². The third-order valence-electron chi connectivity index (χ3n) is 2.94. The third-order valence-corrected chi connectivity index (χ3v) is 2.94. The Bertz CT molecular complexity index is 199. The van der Waals surface area contributed by atoms with E-state index in [9.17, 15) is 4.79 Å². The van der Waals surface area contributed by atoms with Gasteiger partial charge in [0.1, 0.15) is 6.10 Å². The summed E-state index contributed by atoms with van der Waals surface area (Å²) in [6.45, 7) is 4.82. The molecule has 2 saturated heterocycles. The molecule has 0 aromatic carbocycles. The molecule has 3 heteroatoms. The molecule has 0 aromatic heterocycles. The Morgan fingerprint density at radius 1 is 1.46 bits per heavy atom. The maximum atomic E-state index is 11.8. The van der Waals surface area contributed by atoms with Crippen LogP contribution in [0, 0.1) is 5.92 Å². The summed E-state index contributed by atoms with van der Waals surface area (Å²) in [5.41, 5.74) is 0. The van der Waals surface area contributed by atoms with Crippen molar-refractivity contribution in [2.24, 2.45) is 5.92 Å². The number of nitrogens with zero attached hydrogens (tertiary/aromatic N) is 1. The minimum atomic E-state index is -0.120. The molecule has 2 heterocycles. The SMILES string of the molecule is CC1CCN(C(=O)[C@H]2CCCO2)C1. The number of carbonyl (C=O) groups is 1. The van der Waals surface area contributed by atoms with Gasteiger partial charge in [-0.1, -0.05) is 6.92 Å². The van der Waals surface area contributed by atoms with Crippen LogP contribution < -0.4 is 0 Å². The van der Waals surface area contributed by atoms with Gasteiger partial charge in [-0.2, -0.15) is 0 Å². The van der Waals surface area contributed by atoms with E-state index in [1.54, 1.807) is 0 Å². The highest BCUT2D eigenvalue weighted by atomic mass is 16.5. The summed E-state index contributed by atoms with van der Waals surface area (Å²) in [5, 5.41) is 0. The Morgan fingerprint density at radius 3 is 2.85 bits per heavy atom. The summed E-state index contributed by atoms with van der Waals surface area (Å²) in [5.74, 6) is 0.896. The van der Waals surface area contributed by atoms with Crippen molar-refractivity contribution in [3.05, 3.63) is 0 Å². The number of carbonyl (C=O) groups excluding carboxylic acids is 1. The summed E-state index contributed by atoms with van der Waals surface area (Å²) in [4.78, 5) is 13.8. The molecule has 0 spiro atoms. The predicted molar refractivity (Wildman–Crippen MR) is 49.3 cm³/mol. The first-order chi connectivity index (χ1) is 6.27. The third kappa shape index (κ3) is 1.85. The molecule has 1 unspecified atom stereocenters. The van der Waals surface area contributed by atoms with E-state index >= 15 is 0 Å². The minimum absolute atomic E-state index is 0.120. The molecular formula is C10H17NO2. The van der Waals surface area contributed by atoms with Crippen molar-refractivity contribution in [2.75, 3.05) is 19.7 Å². The highest BCUT2D eigenvalue weighted by molar-refractivity contribution is 5.81. The smallest absolute Gasteiger partial charge is 0.251 e. The van der Waals surface area contributed by atoms with Crippen molar-refractivity contribution in [3.63, 3.8) is 0 Å². The van der Waals surface area contributed by atoms with Gasteiger partial charge < -0.3 is 9.64 Å². The van der Waals surface area contributed by atoms with Gasteiger partial charge in [0.05, 0.1) is 0 Å². The minimum Gasteiger partial charge on any atom is -0.368 e. The van der Waals surface area contributed by atoms with E-state index < -0.39 is 0 Å². The molecule has 0 aromatic rings. The molecule has 0 bridgehead atoms. The van der Waals surface area contributed by atoms with Crippen LogP contribution in [0.4, 0.5) is 0 Å². The highest BCUT2D eigenvalue weighted by Gasteiger charge is 2.31. The van der Waals surface area contributed by atoms with E-state index in [0.717, 1.165) is 39.0 Å². The lowest BCUT2D eigenvalue weighted by Gasteiger charge is -2.19. The molecule has 2 atom stereocenters. The maximum Gasteiger partial charge on any atom is 0.251 e. The molecule has 0 N–H and O–H groups in total. The van der Waals surface area contributed by atoms with E-state index in [2.05, 4.69) is 6.92 Å². The van der Waals surface area contributed by atoms with Crippen LogP contribution in [-0.2, 0) is 9.53 Å². The van der Waals surface area contributed by atoms with Gasteiger partial charge in [0.25, 0.3) is 5.91 Å². The second-order valence-electron chi connectivity index (χ2n) is 4.18. The zero-order valence-corrected chi connectivity index (χ0v) is 8.16. The van der Waals surface area contributed by atoms with Crippen LogP contribution in [-0.4, -0.2) is 36.6 Å². The standard InChI is InChI=1S/C10H17NO2/c1-8-4-5-11(7-8)10(12)9-3-2-6-13-9/h8-9H,2-7H2,1H3/t8?,9-/m1/s1. The molecule has 2 rings (SSSR count). The van der Waals surface area contributed by atoms with E-state index in [0.29, 0.717) is 5.92 Å². The Balaban J connectivity index is 1.89. The van der Waals surface area contributed by atoms with Gasteiger partial charge in [-0.3, -0.25) is 4.79 Å². The molecule has 2 fully saturated rings. The number of hydrogen-bond acceptors (Lipinski definition) is 2. The largest absolute Gasteiger partial charge is 0.368 e. The number of hydrogen-bond donors (Lipinski definition) is 0. The fourth-order valence-electron chi connectivity index (χ4n) is 2.11. The zero-order chi connectivity index (χ0) is 9.26. The topological polar surface area (TPSA) is 29.5 Å². The Hall–Kier alpha value is -0.570. The summed E-state index contributed by atoms with van der Waals surface area (Å²) in [6.07, 6.45) is 2.99. The van der Waals surface area contributed by atoms with Gasteiger partial charge >= 0.3 is 0 Å². The lowest BCUT2D eigenvalue weighted by molar-refractivity contribution is -0.139. The van der Waals surface area contributed by atoms with Gasteiger partial charge in [-0.15, -0.1) is 0 Å². The van der Waals surface area contributed by atoms with Crippen LogP contribution >= 0.6 is 0 Å². The van der Waals surface area contributed by atoms with Crippen molar-refractivity contribution in [2.45, 2.75) is 32.3 Å². The van der Waals surface area contributed by atoms with Crippen molar-refractivity contribution in [3.8, 4) is 0 Å². The average Bonchev–Trinajstić information content (AvgIpc) is 2.72. The Morgan fingerprint density at radius 2 is 2.31 bits per heavy atom. The van der Waals surface area contributed by atoms with Gasteiger partial charge in [0.2, 0.25) is 0 Å². The maximum absolute atomic E-state index is 11.8. The van der Waals surface area contributed by atoms with Gasteiger partial charge in [0, 0.05) is 19.7 Å². The fourth-order valence-corrected chi connectivity index (χ4v) is 2.11. The highest BCUT2D eigenvalue weighted by Crippen LogP contribution is 2.20. The van der Waals surface area contributed by atoms with E-state index in [-0.39, 0.29) is 12.0 Å². The van der Waals surface area contributed by atoms with Crippen molar-refractivity contribution in [1.29, 1.82) is 0 Å². The first-order valence-corrected chi connectivity index (χ1v) is 5.18. The van der Waals surface area contributed by atoms with Crippen LogP contribution in [0.2, 0.25) is 0 Å². The summed E-state index contributed by atoms with van der Waals surface area (Å²) in [7, 11) is 0. The van der Waals surface area contributed by atoms with Crippen molar-refractivity contribution >= 4 is 5.91 Å². The summed E-state index contributed by atoms with van der Waals surface area (Å²) < 4.78 is 5.37. The Labute approximate surface area is 79.0 Å². The van der Waals surface area contributed by atoms with Crippen LogP contribution in [0.1, 0.15) is 26.2 Å². The lowest BCUT2D eigenvalue weighted by atomic mass is 10.2. The zero-order valence-electron chi connectivity index (χ0n) is 8.16. The second-order valence-corrected chi connectivity index (χ2v) is 4.18. The predicted octanol–water partition coefficient (Wildman–Crippen LogP) is 1.03. The van der Waals surface area contributed by atoms with Crippen LogP contribution in [0.15, 0.2) is 0 Å². The van der Waals surface area contributed by atoms with E-state index in [1.165, 1.54) is 0 Å². The molecule has 3 nitrogen and oxygen atoms in total. The number of likely N-dealkylation sites (tertiary alicyclic amines) is 1. The molecule has 2 aliphatic rings. The quantitative estimate of drug-likeness (QED) is 0.607. The van der Waals surface area contributed by atoms with Crippen LogP contribution in [0.3, 0.4) is 0 Å². The molecule has 1 amide bonds. The molecule has 2 aliphatic heterocycles. The van der Waals surface area contributed by atoms with E-state index in [4.69, 9.17) is 4.74 Å².